The van der Waals surface area contributed by atoms with Gasteiger partial charge in [0.25, 0.3) is 0 Å². The number of hydrogen-bond donors (Lipinski definition) is 0. The molecule has 0 amide bonds. The average Bonchev–Trinajstić information content (AvgIpc) is 2.13. The maximum Gasteiger partial charge on any atom is 0.448 e. The predicted molar refractivity (Wildman–Crippen MR) is 46.9 cm³/mol. The number of ether oxygens (including phenoxy) is 2. The largest absolute Gasteiger partial charge is 0.489 e. The molecule has 100 valence electrons. The topological polar surface area (TPSA) is 18.5 Å². The van der Waals surface area contributed by atoms with E-state index in [9.17, 15) is 26.3 Å². The summed E-state index contributed by atoms with van der Waals surface area (Å²) in [5.41, 5.74) is 0. The van der Waals surface area contributed by atoms with Crippen LogP contribution in [0.5, 0.6) is 0 Å². The first kappa shape index (κ1) is 15.7. The lowest BCUT2D eigenvalue weighted by molar-refractivity contribution is -0.135. The van der Waals surface area contributed by atoms with E-state index in [4.69, 9.17) is 0 Å². The zero-order chi connectivity index (χ0) is 13.7. The molecule has 0 aliphatic carbocycles. The summed E-state index contributed by atoms with van der Waals surface area (Å²) < 4.78 is 79.3. The molecule has 0 aliphatic rings. The van der Waals surface area contributed by atoms with Crippen LogP contribution in [0, 0.1) is 0 Å². The van der Waals surface area contributed by atoms with Gasteiger partial charge in [-0.05, 0) is 0 Å². The van der Waals surface area contributed by atoms with Crippen LogP contribution in [-0.2, 0) is 9.47 Å². The first-order valence-corrected chi connectivity index (χ1v) is 4.33. The molecular formula is C9H10F6O2. The van der Waals surface area contributed by atoms with Crippen molar-refractivity contribution >= 4 is 0 Å². The zero-order valence-electron chi connectivity index (χ0n) is 8.62. The first-order chi connectivity index (χ1) is 7.55. The molecule has 0 N–H and O–H groups in total. The number of hydrogen-bond acceptors (Lipinski definition) is 2. The minimum Gasteiger partial charge on any atom is -0.489 e. The Labute approximate surface area is 93.5 Å². The molecule has 0 aromatic rings. The van der Waals surface area contributed by atoms with Crippen LogP contribution in [0.4, 0.5) is 26.3 Å². The fourth-order valence-electron chi connectivity index (χ4n) is 0.613. The van der Waals surface area contributed by atoms with Crippen LogP contribution < -0.4 is 0 Å². The molecule has 0 aliphatic heterocycles. The third-order valence-electron chi connectivity index (χ3n) is 1.47. The lowest BCUT2D eigenvalue weighted by Crippen LogP contribution is -2.16. The Morgan fingerprint density at radius 2 is 1.06 bits per heavy atom. The third-order valence-corrected chi connectivity index (χ3v) is 1.47. The molecule has 0 atom stereocenters. The zero-order valence-corrected chi connectivity index (χ0v) is 8.62. The highest BCUT2D eigenvalue weighted by molar-refractivity contribution is 4.92. The molecular weight excluding hydrogens is 254 g/mol. The number of alkyl halides is 6. The van der Waals surface area contributed by atoms with E-state index in [1.165, 1.54) is 0 Å². The monoisotopic (exact) mass is 264 g/mol. The molecule has 0 fully saturated rings. The second-order valence-electron chi connectivity index (χ2n) is 2.89. The Morgan fingerprint density at radius 3 is 1.29 bits per heavy atom. The number of rotatable bonds is 6. The van der Waals surface area contributed by atoms with Gasteiger partial charge in [-0.15, -0.1) is 0 Å². The van der Waals surface area contributed by atoms with E-state index in [0.717, 1.165) is 0 Å². The van der Waals surface area contributed by atoms with E-state index < -0.39 is 37.1 Å². The van der Waals surface area contributed by atoms with E-state index in [-0.39, 0.29) is 6.42 Å². The van der Waals surface area contributed by atoms with Crippen LogP contribution in [-0.4, -0.2) is 25.6 Å². The molecule has 17 heavy (non-hydrogen) atoms. The lowest BCUT2D eigenvalue weighted by atomic mass is 10.4. The van der Waals surface area contributed by atoms with Gasteiger partial charge in [-0.1, -0.05) is 13.2 Å². The summed E-state index contributed by atoms with van der Waals surface area (Å²) in [6, 6.07) is 0. The van der Waals surface area contributed by atoms with Crippen LogP contribution in [0.25, 0.3) is 0 Å². The van der Waals surface area contributed by atoms with Crippen LogP contribution in [0.2, 0.25) is 0 Å². The Kier molecular flexibility index (Phi) is 5.37. The molecule has 0 spiro atoms. The van der Waals surface area contributed by atoms with Crippen molar-refractivity contribution in [2.75, 3.05) is 13.2 Å². The van der Waals surface area contributed by atoms with Gasteiger partial charge in [0.1, 0.15) is 0 Å². The van der Waals surface area contributed by atoms with Crippen molar-refractivity contribution < 1.29 is 35.8 Å². The molecule has 0 saturated carbocycles. The highest BCUT2D eigenvalue weighted by Crippen LogP contribution is 2.26. The summed E-state index contributed by atoms with van der Waals surface area (Å²) in [7, 11) is 0. The van der Waals surface area contributed by atoms with Gasteiger partial charge in [-0.2, -0.15) is 26.3 Å². The van der Waals surface area contributed by atoms with Crippen molar-refractivity contribution in [2.24, 2.45) is 0 Å². The minimum atomic E-state index is -4.67. The summed E-state index contributed by atoms with van der Waals surface area (Å²) in [4.78, 5) is 0. The van der Waals surface area contributed by atoms with E-state index in [0.29, 0.717) is 0 Å². The van der Waals surface area contributed by atoms with Crippen LogP contribution in [0.3, 0.4) is 0 Å². The van der Waals surface area contributed by atoms with E-state index in [1.807, 2.05) is 0 Å². The van der Waals surface area contributed by atoms with Crippen LogP contribution >= 0.6 is 0 Å². The highest BCUT2D eigenvalue weighted by Gasteiger charge is 2.34. The van der Waals surface area contributed by atoms with Gasteiger partial charge in [0.15, 0.2) is 11.5 Å². The van der Waals surface area contributed by atoms with Gasteiger partial charge in [-0.3, -0.25) is 0 Å². The Bertz CT molecular complexity index is 250. The molecule has 0 bridgehead atoms. The molecule has 0 radical (unpaired) electrons. The van der Waals surface area contributed by atoms with Gasteiger partial charge in [0.2, 0.25) is 0 Å². The molecule has 0 aromatic heterocycles. The van der Waals surface area contributed by atoms with Crippen molar-refractivity contribution in [3.63, 3.8) is 0 Å². The molecule has 0 heterocycles. The second kappa shape index (κ2) is 5.83. The second-order valence-corrected chi connectivity index (χ2v) is 2.89. The van der Waals surface area contributed by atoms with Gasteiger partial charge in [0, 0.05) is 6.42 Å². The lowest BCUT2D eigenvalue weighted by Gasteiger charge is -2.13. The fourth-order valence-corrected chi connectivity index (χ4v) is 0.613. The van der Waals surface area contributed by atoms with Crippen molar-refractivity contribution in [3.8, 4) is 0 Å². The standard InChI is InChI=1S/C9H10F6O2/c1-6(8(10,11)12)16-4-3-5-17-7(2)9(13,14)15/h1-5H2. The van der Waals surface area contributed by atoms with E-state index >= 15 is 0 Å². The first-order valence-electron chi connectivity index (χ1n) is 4.33. The van der Waals surface area contributed by atoms with Crippen LogP contribution in [0.1, 0.15) is 6.42 Å². The highest BCUT2D eigenvalue weighted by atomic mass is 19.4. The Balaban J connectivity index is 3.68. The molecule has 0 rings (SSSR count). The summed E-state index contributed by atoms with van der Waals surface area (Å²) in [5.74, 6) is -2.79. The molecule has 0 unspecified atom stereocenters. The van der Waals surface area contributed by atoms with Crippen molar-refractivity contribution in [1.29, 1.82) is 0 Å². The maximum absolute atomic E-state index is 11.8. The summed E-state index contributed by atoms with van der Waals surface area (Å²) in [6.45, 7) is 4.34. The fraction of sp³-hybridized carbons (Fsp3) is 0.556. The Morgan fingerprint density at radius 1 is 0.765 bits per heavy atom. The number of halogens is 6. The van der Waals surface area contributed by atoms with Gasteiger partial charge < -0.3 is 9.47 Å². The molecule has 2 nitrogen and oxygen atoms in total. The maximum atomic E-state index is 11.8. The molecule has 0 aromatic carbocycles. The van der Waals surface area contributed by atoms with Gasteiger partial charge in [0.05, 0.1) is 13.2 Å². The van der Waals surface area contributed by atoms with Crippen molar-refractivity contribution in [3.05, 3.63) is 24.7 Å². The summed E-state index contributed by atoms with van der Waals surface area (Å²) in [5, 5.41) is 0. The Hall–Kier alpha value is -1.34. The van der Waals surface area contributed by atoms with E-state index in [1.54, 1.807) is 0 Å². The van der Waals surface area contributed by atoms with Gasteiger partial charge >= 0.3 is 12.4 Å². The smallest absolute Gasteiger partial charge is 0.448 e. The SMILES string of the molecule is C=C(OCCCOC(=C)C(F)(F)F)C(F)(F)F. The molecule has 0 saturated heterocycles. The third kappa shape index (κ3) is 6.75. The average molecular weight is 264 g/mol. The predicted octanol–water partition coefficient (Wildman–Crippen LogP) is 3.56. The van der Waals surface area contributed by atoms with Gasteiger partial charge in [-0.25, -0.2) is 0 Å². The van der Waals surface area contributed by atoms with Crippen LogP contribution in [0.15, 0.2) is 24.7 Å². The van der Waals surface area contributed by atoms with Crippen molar-refractivity contribution in [1.82, 2.24) is 0 Å². The molecule has 8 heteroatoms. The summed E-state index contributed by atoms with van der Waals surface area (Å²) in [6.07, 6.45) is -9.49. The normalized spacial score (nSPS) is 12.1. The van der Waals surface area contributed by atoms with E-state index in [2.05, 4.69) is 22.6 Å². The quantitative estimate of drug-likeness (QED) is 0.415. The number of allylic oxidation sites excluding steroid dienone is 2. The minimum absolute atomic E-state index is 0.149. The van der Waals surface area contributed by atoms with Crippen molar-refractivity contribution in [2.45, 2.75) is 18.8 Å². The summed E-state index contributed by atoms with van der Waals surface area (Å²) >= 11 is 0.